The van der Waals surface area contributed by atoms with Gasteiger partial charge in [-0.1, -0.05) is 0 Å². The average molecular weight is 150 g/mol. The maximum atomic E-state index is 8.23. The van der Waals surface area contributed by atoms with Crippen molar-refractivity contribution in [2.45, 2.75) is 6.42 Å². The van der Waals surface area contributed by atoms with E-state index in [1.165, 1.54) is 0 Å². The van der Waals surface area contributed by atoms with Crippen LogP contribution in [0.4, 0.5) is 5.82 Å². The van der Waals surface area contributed by atoms with Gasteiger partial charge in [0.05, 0.1) is 12.5 Å². The molecule has 0 atom stereocenters. The van der Waals surface area contributed by atoms with E-state index < -0.39 is 0 Å². The molecule has 0 bridgehead atoms. The molecule has 1 rings (SSSR count). The largest absolute Gasteiger partial charge is 0.368 e. The van der Waals surface area contributed by atoms with Crippen LogP contribution >= 0.6 is 0 Å². The standard InChI is InChI=1S/C7H10N4/c1-11-6-3-7(10-11)9-5-2-4-8/h3,6H,2,5H2,1H3,(H,9,10). The monoisotopic (exact) mass is 150 g/mol. The van der Waals surface area contributed by atoms with E-state index in [1.807, 2.05) is 25.4 Å². The molecule has 0 aliphatic heterocycles. The van der Waals surface area contributed by atoms with E-state index in [0.29, 0.717) is 13.0 Å². The molecule has 0 aliphatic rings. The molecule has 0 radical (unpaired) electrons. The molecule has 58 valence electrons. The Kier molecular flexibility index (Phi) is 2.50. The summed E-state index contributed by atoms with van der Waals surface area (Å²) in [4.78, 5) is 0. The van der Waals surface area contributed by atoms with Crippen LogP contribution < -0.4 is 5.32 Å². The van der Waals surface area contributed by atoms with Gasteiger partial charge in [0.15, 0.2) is 0 Å². The highest BCUT2D eigenvalue weighted by molar-refractivity contribution is 5.31. The number of hydrogen-bond acceptors (Lipinski definition) is 3. The van der Waals surface area contributed by atoms with Gasteiger partial charge in [0.1, 0.15) is 5.82 Å². The first kappa shape index (κ1) is 7.61. The van der Waals surface area contributed by atoms with Crippen molar-refractivity contribution < 1.29 is 0 Å². The van der Waals surface area contributed by atoms with Gasteiger partial charge in [-0.15, -0.1) is 0 Å². The summed E-state index contributed by atoms with van der Waals surface area (Å²) in [7, 11) is 1.86. The first-order valence-electron chi connectivity index (χ1n) is 3.43. The molecule has 11 heavy (non-hydrogen) atoms. The molecule has 1 heterocycles. The lowest BCUT2D eigenvalue weighted by atomic mass is 10.4. The van der Waals surface area contributed by atoms with Gasteiger partial charge in [0.2, 0.25) is 0 Å². The molecule has 1 N–H and O–H groups in total. The summed E-state index contributed by atoms with van der Waals surface area (Å²) in [6.45, 7) is 0.660. The van der Waals surface area contributed by atoms with Crippen molar-refractivity contribution in [3.05, 3.63) is 12.3 Å². The lowest BCUT2D eigenvalue weighted by Crippen LogP contribution is -2.01. The Labute approximate surface area is 65.4 Å². The van der Waals surface area contributed by atoms with Crippen LogP contribution in [0.1, 0.15) is 6.42 Å². The first-order chi connectivity index (χ1) is 5.33. The summed E-state index contributed by atoms with van der Waals surface area (Å²) in [5.41, 5.74) is 0. The highest BCUT2D eigenvalue weighted by Gasteiger charge is 1.92. The summed E-state index contributed by atoms with van der Waals surface area (Å²) in [6, 6.07) is 3.92. The summed E-state index contributed by atoms with van der Waals surface area (Å²) >= 11 is 0. The SMILES string of the molecule is Cn1ccc(NCCC#N)n1. The highest BCUT2D eigenvalue weighted by atomic mass is 15.3. The van der Waals surface area contributed by atoms with Gasteiger partial charge in [-0.3, -0.25) is 4.68 Å². The van der Waals surface area contributed by atoms with Crippen molar-refractivity contribution in [3.63, 3.8) is 0 Å². The second-order valence-corrected chi connectivity index (χ2v) is 2.21. The number of aryl methyl sites for hydroxylation is 1. The van der Waals surface area contributed by atoms with Gasteiger partial charge in [0, 0.05) is 25.9 Å². The number of nitrogens with zero attached hydrogens (tertiary/aromatic N) is 3. The molecule has 1 aromatic heterocycles. The van der Waals surface area contributed by atoms with E-state index in [0.717, 1.165) is 5.82 Å². The van der Waals surface area contributed by atoms with Gasteiger partial charge >= 0.3 is 0 Å². The molecular formula is C7H10N4. The van der Waals surface area contributed by atoms with Crippen LogP contribution in [0.5, 0.6) is 0 Å². The van der Waals surface area contributed by atoms with E-state index in [4.69, 9.17) is 5.26 Å². The molecule has 0 unspecified atom stereocenters. The van der Waals surface area contributed by atoms with Crippen molar-refractivity contribution in [2.24, 2.45) is 7.05 Å². The third kappa shape index (κ3) is 2.30. The van der Waals surface area contributed by atoms with Gasteiger partial charge in [-0.05, 0) is 0 Å². The van der Waals surface area contributed by atoms with E-state index in [1.54, 1.807) is 4.68 Å². The zero-order valence-corrected chi connectivity index (χ0v) is 6.41. The van der Waals surface area contributed by atoms with Crippen molar-refractivity contribution in [1.29, 1.82) is 5.26 Å². The van der Waals surface area contributed by atoms with E-state index in [9.17, 15) is 0 Å². The normalized spacial score (nSPS) is 9.09. The third-order valence-electron chi connectivity index (χ3n) is 1.26. The molecule has 4 heteroatoms. The Morgan fingerprint density at radius 3 is 3.18 bits per heavy atom. The summed E-state index contributed by atoms with van der Waals surface area (Å²) in [5, 5.41) is 15.3. The predicted molar refractivity (Wildman–Crippen MR) is 41.9 cm³/mol. The Balaban J connectivity index is 2.34. The second kappa shape index (κ2) is 3.62. The van der Waals surface area contributed by atoms with Gasteiger partial charge in [0.25, 0.3) is 0 Å². The molecule has 0 spiro atoms. The van der Waals surface area contributed by atoms with Crippen LogP contribution in [0, 0.1) is 11.3 Å². The molecule has 0 aromatic carbocycles. The third-order valence-corrected chi connectivity index (χ3v) is 1.26. The maximum Gasteiger partial charge on any atom is 0.148 e. The van der Waals surface area contributed by atoms with Crippen LogP contribution in [0.3, 0.4) is 0 Å². The predicted octanol–water partition coefficient (Wildman–Crippen LogP) is 0.746. The minimum Gasteiger partial charge on any atom is -0.368 e. The summed E-state index contributed by atoms with van der Waals surface area (Å²) in [5.74, 6) is 0.822. The summed E-state index contributed by atoms with van der Waals surface area (Å²) < 4.78 is 1.72. The minimum atomic E-state index is 0.510. The highest BCUT2D eigenvalue weighted by Crippen LogP contribution is 1.99. The molecular weight excluding hydrogens is 140 g/mol. The Morgan fingerprint density at radius 1 is 1.82 bits per heavy atom. The number of rotatable bonds is 3. The van der Waals surface area contributed by atoms with Crippen LogP contribution in [0.25, 0.3) is 0 Å². The zero-order chi connectivity index (χ0) is 8.10. The fourth-order valence-electron chi connectivity index (χ4n) is 0.756. The Bertz CT molecular complexity index is 258. The number of aromatic nitrogens is 2. The molecule has 1 aromatic rings. The van der Waals surface area contributed by atoms with E-state index in [2.05, 4.69) is 10.4 Å². The van der Waals surface area contributed by atoms with Gasteiger partial charge in [-0.2, -0.15) is 10.4 Å². The fourth-order valence-corrected chi connectivity index (χ4v) is 0.756. The van der Waals surface area contributed by atoms with E-state index in [-0.39, 0.29) is 0 Å². The summed E-state index contributed by atoms with van der Waals surface area (Å²) in [6.07, 6.45) is 2.37. The van der Waals surface area contributed by atoms with Crippen molar-refractivity contribution in [3.8, 4) is 6.07 Å². The smallest absolute Gasteiger partial charge is 0.148 e. The van der Waals surface area contributed by atoms with Crippen LogP contribution in [-0.4, -0.2) is 16.3 Å². The van der Waals surface area contributed by atoms with Gasteiger partial charge < -0.3 is 5.32 Å². The molecule has 0 saturated carbocycles. The topological polar surface area (TPSA) is 53.6 Å². The lowest BCUT2D eigenvalue weighted by Gasteiger charge is -1.95. The maximum absolute atomic E-state index is 8.23. The zero-order valence-electron chi connectivity index (χ0n) is 6.41. The van der Waals surface area contributed by atoms with Crippen molar-refractivity contribution >= 4 is 5.82 Å². The van der Waals surface area contributed by atoms with E-state index >= 15 is 0 Å². The number of nitriles is 1. The lowest BCUT2D eigenvalue weighted by molar-refractivity contribution is 0.768. The van der Waals surface area contributed by atoms with Crippen LogP contribution in [0.2, 0.25) is 0 Å². The molecule has 0 aliphatic carbocycles. The first-order valence-corrected chi connectivity index (χ1v) is 3.43. The Morgan fingerprint density at radius 2 is 2.64 bits per heavy atom. The molecule has 4 nitrogen and oxygen atoms in total. The Hall–Kier alpha value is -1.50. The number of nitrogens with one attached hydrogen (secondary N) is 1. The number of hydrogen-bond donors (Lipinski definition) is 1. The molecule has 0 saturated heterocycles. The van der Waals surface area contributed by atoms with Crippen molar-refractivity contribution in [2.75, 3.05) is 11.9 Å². The molecule has 0 amide bonds. The minimum absolute atomic E-state index is 0.510. The fraction of sp³-hybridized carbons (Fsp3) is 0.429. The second-order valence-electron chi connectivity index (χ2n) is 2.21. The van der Waals surface area contributed by atoms with Crippen LogP contribution in [-0.2, 0) is 7.05 Å². The number of anilines is 1. The quantitative estimate of drug-likeness (QED) is 0.647. The van der Waals surface area contributed by atoms with Crippen molar-refractivity contribution in [1.82, 2.24) is 9.78 Å². The molecule has 0 fully saturated rings. The van der Waals surface area contributed by atoms with Crippen LogP contribution in [0.15, 0.2) is 12.3 Å². The average Bonchev–Trinajstić information content (AvgIpc) is 2.37. The van der Waals surface area contributed by atoms with Gasteiger partial charge in [-0.25, -0.2) is 0 Å².